The molecule has 0 spiro atoms. The molecule has 2 aromatic rings. The molecule has 0 aliphatic rings. The van der Waals surface area contributed by atoms with Crippen LogP contribution in [-0.2, 0) is 4.79 Å². The first-order valence-electron chi connectivity index (χ1n) is 6.37. The Morgan fingerprint density at radius 3 is 2.70 bits per heavy atom. The lowest BCUT2D eigenvalue weighted by Gasteiger charge is -2.11. The van der Waals surface area contributed by atoms with E-state index in [1.54, 1.807) is 35.6 Å². The summed E-state index contributed by atoms with van der Waals surface area (Å²) in [5.74, 6) is 0.460. The Kier molecular flexibility index (Phi) is 5.15. The molecule has 0 aliphatic heterocycles. The van der Waals surface area contributed by atoms with E-state index in [0.29, 0.717) is 5.75 Å². The molecular weight excluding hydrogens is 274 g/mol. The number of benzene rings is 1. The molecule has 20 heavy (non-hydrogen) atoms. The van der Waals surface area contributed by atoms with Gasteiger partial charge in [0.1, 0.15) is 12.4 Å². The van der Waals surface area contributed by atoms with Crippen molar-refractivity contribution in [2.75, 3.05) is 18.5 Å². The van der Waals surface area contributed by atoms with Crippen LogP contribution in [0.1, 0.15) is 18.4 Å². The van der Waals surface area contributed by atoms with Crippen LogP contribution in [0.4, 0.5) is 5.69 Å². The van der Waals surface area contributed by atoms with Crippen LogP contribution in [0.3, 0.4) is 0 Å². The van der Waals surface area contributed by atoms with E-state index in [1.807, 2.05) is 23.8 Å². The van der Waals surface area contributed by atoms with Crippen molar-refractivity contribution in [3.05, 3.63) is 46.7 Å². The maximum atomic E-state index is 12.1. The van der Waals surface area contributed by atoms with E-state index in [9.17, 15) is 4.79 Å². The number of hydrogen-bond acceptors (Lipinski definition) is 4. The average molecular weight is 291 g/mol. The molecule has 1 aromatic carbocycles. The highest BCUT2D eigenvalue weighted by Crippen LogP contribution is 2.21. The van der Waals surface area contributed by atoms with Crippen molar-refractivity contribution >= 4 is 22.9 Å². The zero-order valence-corrected chi connectivity index (χ0v) is 12.0. The number of carbonyl (C=O) groups is 1. The van der Waals surface area contributed by atoms with Gasteiger partial charge in [-0.25, -0.2) is 0 Å². The summed E-state index contributed by atoms with van der Waals surface area (Å²) in [4.78, 5) is 12.1. The minimum absolute atomic E-state index is 0.0172. The molecule has 0 saturated heterocycles. The molecule has 0 fully saturated rings. The lowest BCUT2D eigenvalue weighted by molar-refractivity contribution is -0.117. The highest BCUT2D eigenvalue weighted by molar-refractivity contribution is 7.08. The van der Waals surface area contributed by atoms with Crippen molar-refractivity contribution < 1.29 is 14.6 Å². The average Bonchev–Trinajstić information content (AvgIpc) is 3.00. The second-order valence-electron chi connectivity index (χ2n) is 4.36. The van der Waals surface area contributed by atoms with Crippen LogP contribution in [0, 0.1) is 0 Å². The summed E-state index contributed by atoms with van der Waals surface area (Å²) in [7, 11) is 0. The molecule has 1 amide bonds. The van der Waals surface area contributed by atoms with Gasteiger partial charge < -0.3 is 15.2 Å². The molecule has 0 bridgehead atoms. The van der Waals surface area contributed by atoms with Crippen LogP contribution in [0.15, 0.2) is 41.1 Å². The molecule has 0 aliphatic carbocycles. The van der Waals surface area contributed by atoms with Gasteiger partial charge in [0, 0.05) is 5.69 Å². The molecule has 1 atom stereocenters. The largest absolute Gasteiger partial charge is 0.491 e. The Labute approximate surface area is 122 Å². The fourth-order valence-electron chi connectivity index (χ4n) is 1.72. The third-order valence-electron chi connectivity index (χ3n) is 2.92. The molecule has 1 unspecified atom stereocenters. The normalized spacial score (nSPS) is 11.9. The van der Waals surface area contributed by atoms with E-state index in [4.69, 9.17) is 9.84 Å². The van der Waals surface area contributed by atoms with Crippen molar-refractivity contribution in [1.29, 1.82) is 0 Å². The molecule has 0 saturated carbocycles. The highest BCUT2D eigenvalue weighted by atomic mass is 32.1. The Bertz CT molecular complexity index is 537. The molecule has 1 heterocycles. The minimum Gasteiger partial charge on any atom is -0.491 e. The standard InChI is InChI=1S/C15H17NO3S/c1-11(12-6-9-20-10-12)15(18)16-13-2-4-14(5-3-13)19-8-7-17/h2-6,9-11,17H,7-8H2,1H3,(H,16,18). The second-order valence-corrected chi connectivity index (χ2v) is 5.14. The smallest absolute Gasteiger partial charge is 0.231 e. The van der Waals surface area contributed by atoms with Crippen LogP contribution in [0.5, 0.6) is 5.75 Å². The number of hydrogen-bond donors (Lipinski definition) is 2. The van der Waals surface area contributed by atoms with Crippen LogP contribution in [-0.4, -0.2) is 24.2 Å². The van der Waals surface area contributed by atoms with E-state index >= 15 is 0 Å². The van der Waals surface area contributed by atoms with Gasteiger partial charge in [-0.3, -0.25) is 4.79 Å². The van der Waals surface area contributed by atoms with Gasteiger partial charge in [0.2, 0.25) is 5.91 Å². The topological polar surface area (TPSA) is 58.6 Å². The number of anilines is 1. The zero-order valence-electron chi connectivity index (χ0n) is 11.2. The minimum atomic E-state index is -0.174. The van der Waals surface area contributed by atoms with Crippen LogP contribution in [0.2, 0.25) is 0 Å². The van der Waals surface area contributed by atoms with Gasteiger partial charge in [0.05, 0.1) is 12.5 Å². The molecule has 5 heteroatoms. The molecule has 106 valence electrons. The summed E-state index contributed by atoms with van der Waals surface area (Å²) in [5, 5.41) is 15.5. The molecular formula is C15H17NO3S. The lowest BCUT2D eigenvalue weighted by atomic mass is 10.0. The van der Waals surface area contributed by atoms with Crippen molar-refractivity contribution in [2.24, 2.45) is 0 Å². The Morgan fingerprint density at radius 1 is 1.35 bits per heavy atom. The highest BCUT2D eigenvalue weighted by Gasteiger charge is 2.15. The zero-order chi connectivity index (χ0) is 14.4. The van der Waals surface area contributed by atoms with E-state index in [-0.39, 0.29) is 25.0 Å². The summed E-state index contributed by atoms with van der Waals surface area (Å²) < 4.78 is 5.26. The summed E-state index contributed by atoms with van der Waals surface area (Å²) in [6.45, 7) is 2.13. The van der Waals surface area contributed by atoms with Crippen molar-refractivity contribution in [3.8, 4) is 5.75 Å². The predicted octanol–water partition coefficient (Wildman–Crippen LogP) is 2.86. The van der Waals surface area contributed by atoms with Gasteiger partial charge in [0.15, 0.2) is 0 Å². The number of carbonyl (C=O) groups excluding carboxylic acids is 1. The second kappa shape index (κ2) is 7.07. The maximum absolute atomic E-state index is 12.1. The van der Waals surface area contributed by atoms with Gasteiger partial charge in [-0.1, -0.05) is 0 Å². The first-order chi connectivity index (χ1) is 9.70. The molecule has 2 N–H and O–H groups in total. The molecule has 0 radical (unpaired) electrons. The van der Waals surface area contributed by atoms with Gasteiger partial charge in [-0.05, 0) is 53.6 Å². The third kappa shape index (κ3) is 3.82. The Hall–Kier alpha value is -1.85. The van der Waals surface area contributed by atoms with Gasteiger partial charge in [-0.15, -0.1) is 0 Å². The lowest BCUT2D eigenvalue weighted by Crippen LogP contribution is -2.18. The fourth-order valence-corrected chi connectivity index (χ4v) is 2.48. The number of amides is 1. The first-order valence-corrected chi connectivity index (χ1v) is 7.31. The SMILES string of the molecule is CC(C(=O)Nc1ccc(OCCO)cc1)c1ccsc1. The van der Waals surface area contributed by atoms with Crippen LogP contribution in [0.25, 0.3) is 0 Å². The fraction of sp³-hybridized carbons (Fsp3) is 0.267. The van der Waals surface area contributed by atoms with Crippen molar-refractivity contribution in [1.82, 2.24) is 0 Å². The number of thiophene rings is 1. The van der Waals surface area contributed by atoms with Crippen molar-refractivity contribution in [3.63, 3.8) is 0 Å². The van der Waals surface area contributed by atoms with Gasteiger partial charge in [-0.2, -0.15) is 11.3 Å². The number of aliphatic hydroxyl groups is 1. The summed E-state index contributed by atoms with van der Waals surface area (Å²) in [5.41, 5.74) is 1.75. The summed E-state index contributed by atoms with van der Waals surface area (Å²) in [6, 6.07) is 9.05. The molecule has 2 rings (SSSR count). The Morgan fingerprint density at radius 2 is 2.10 bits per heavy atom. The van der Waals surface area contributed by atoms with Crippen molar-refractivity contribution in [2.45, 2.75) is 12.8 Å². The van der Waals surface area contributed by atoms with Gasteiger partial charge in [0.25, 0.3) is 0 Å². The quantitative estimate of drug-likeness (QED) is 0.860. The monoisotopic (exact) mass is 291 g/mol. The number of aliphatic hydroxyl groups excluding tert-OH is 1. The maximum Gasteiger partial charge on any atom is 0.231 e. The molecule has 4 nitrogen and oxygen atoms in total. The van der Waals surface area contributed by atoms with Crippen LogP contribution >= 0.6 is 11.3 Å². The first kappa shape index (κ1) is 14.6. The number of rotatable bonds is 6. The molecule has 1 aromatic heterocycles. The number of nitrogens with one attached hydrogen (secondary N) is 1. The van der Waals surface area contributed by atoms with Gasteiger partial charge >= 0.3 is 0 Å². The third-order valence-corrected chi connectivity index (χ3v) is 3.62. The van der Waals surface area contributed by atoms with E-state index in [1.165, 1.54) is 0 Å². The van der Waals surface area contributed by atoms with E-state index < -0.39 is 0 Å². The predicted molar refractivity (Wildman–Crippen MR) is 80.4 cm³/mol. The number of ether oxygens (including phenoxy) is 1. The van der Waals surface area contributed by atoms with Crippen LogP contribution < -0.4 is 10.1 Å². The summed E-state index contributed by atoms with van der Waals surface area (Å²) >= 11 is 1.58. The summed E-state index contributed by atoms with van der Waals surface area (Å²) in [6.07, 6.45) is 0. The van der Waals surface area contributed by atoms with E-state index in [2.05, 4.69) is 5.32 Å². The van der Waals surface area contributed by atoms with E-state index in [0.717, 1.165) is 11.3 Å². The Balaban J connectivity index is 1.94.